The van der Waals surface area contributed by atoms with Crippen molar-refractivity contribution in [2.75, 3.05) is 19.8 Å². The third-order valence-corrected chi connectivity index (χ3v) is 5.29. The molecule has 0 radical (unpaired) electrons. The lowest BCUT2D eigenvalue weighted by molar-refractivity contribution is -0.123. The van der Waals surface area contributed by atoms with Gasteiger partial charge in [-0.2, -0.15) is 5.26 Å². The number of aliphatic hydroxyl groups is 1. The number of nitrogens with zero attached hydrogens (tertiary/aromatic N) is 2. The van der Waals surface area contributed by atoms with E-state index in [2.05, 4.69) is 11.0 Å². The fourth-order valence-corrected chi connectivity index (χ4v) is 3.89. The molecule has 1 aromatic rings. The van der Waals surface area contributed by atoms with E-state index in [1.807, 2.05) is 6.92 Å². The monoisotopic (exact) mass is 318 g/mol. The molecule has 1 N–H and O–H groups in total. The number of hydrogen-bond donors (Lipinski definition) is 1. The van der Waals surface area contributed by atoms with Gasteiger partial charge in [0.05, 0.1) is 23.8 Å². The largest absolute Gasteiger partial charge is 0.390 e. The van der Waals surface area contributed by atoms with Gasteiger partial charge in [-0.15, -0.1) is 0 Å². The quantitative estimate of drug-likeness (QED) is 0.930. The van der Waals surface area contributed by atoms with Gasteiger partial charge in [0, 0.05) is 25.1 Å². The highest BCUT2D eigenvalue weighted by Gasteiger charge is 2.44. The van der Waals surface area contributed by atoms with Gasteiger partial charge < -0.3 is 9.84 Å². The number of rotatable bonds is 3. The summed E-state index contributed by atoms with van der Waals surface area (Å²) in [6.45, 7) is 4.62. The van der Waals surface area contributed by atoms with E-state index in [1.165, 1.54) is 12.1 Å². The van der Waals surface area contributed by atoms with Crippen LogP contribution in [0.1, 0.15) is 37.3 Å². The van der Waals surface area contributed by atoms with Gasteiger partial charge in [0.25, 0.3) is 0 Å². The second-order valence-electron chi connectivity index (χ2n) is 6.88. The Morgan fingerprint density at radius 1 is 1.52 bits per heavy atom. The molecule has 2 aliphatic rings. The number of benzene rings is 1. The molecule has 2 fully saturated rings. The van der Waals surface area contributed by atoms with Crippen molar-refractivity contribution in [3.63, 3.8) is 0 Å². The van der Waals surface area contributed by atoms with Crippen molar-refractivity contribution in [2.24, 2.45) is 5.92 Å². The van der Waals surface area contributed by atoms with Crippen molar-refractivity contribution in [1.29, 1.82) is 5.26 Å². The van der Waals surface area contributed by atoms with Crippen LogP contribution in [0.25, 0.3) is 0 Å². The second-order valence-corrected chi connectivity index (χ2v) is 6.88. The van der Waals surface area contributed by atoms with Crippen LogP contribution in [-0.4, -0.2) is 41.4 Å². The molecule has 0 bridgehead atoms. The molecule has 5 heteroatoms. The molecular formula is C18H23FN2O2. The molecule has 0 unspecified atom stereocenters. The first-order chi connectivity index (χ1) is 11.0. The maximum absolute atomic E-state index is 13.3. The first-order valence-electron chi connectivity index (χ1n) is 8.24. The first-order valence-corrected chi connectivity index (χ1v) is 8.24. The number of likely N-dealkylation sites (tertiary alicyclic amines) is 1. The molecule has 0 amide bonds. The second kappa shape index (κ2) is 6.56. The van der Waals surface area contributed by atoms with Crippen molar-refractivity contribution in [2.45, 2.75) is 44.4 Å². The number of hydrogen-bond acceptors (Lipinski definition) is 4. The Morgan fingerprint density at radius 3 is 3.09 bits per heavy atom. The zero-order valence-electron chi connectivity index (χ0n) is 13.5. The summed E-state index contributed by atoms with van der Waals surface area (Å²) < 4.78 is 18.9. The van der Waals surface area contributed by atoms with Crippen molar-refractivity contribution >= 4 is 0 Å². The van der Waals surface area contributed by atoms with Gasteiger partial charge in [-0.05, 0) is 50.4 Å². The SMILES string of the molecule is C[C@]1(O)CCOC[C@H]1[C@H]1CCCN1Cc1ccc(F)cc1C#N. The number of halogens is 1. The fourth-order valence-electron chi connectivity index (χ4n) is 3.89. The highest BCUT2D eigenvalue weighted by molar-refractivity contribution is 5.38. The predicted molar refractivity (Wildman–Crippen MR) is 84.1 cm³/mol. The Morgan fingerprint density at radius 2 is 2.35 bits per heavy atom. The molecule has 0 spiro atoms. The van der Waals surface area contributed by atoms with Gasteiger partial charge in [0.1, 0.15) is 5.82 Å². The van der Waals surface area contributed by atoms with Crippen LogP contribution < -0.4 is 0 Å². The summed E-state index contributed by atoms with van der Waals surface area (Å²) in [7, 11) is 0. The zero-order chi connectivity index (χ0) is 16.4. The topological polar surface area (TPSA) is 56.5 Å². The molecule has 2 saturated heterocycles. The Labute approximate surface area is 136 Å². The molecule has 2 aliphatic heterocycles. The zero-order valence-corrected chi connectivity index (χ0v) is 13.5. The minimum absolute atomic E-state index is 0.0738. The molecule has 0 aromatic heterocycles. The van der Waals surface area contributed by atoms with E-state index in [0.29, 0.717) is 31.7 Å². The summed E-state index contributed by atoms with van der Waals surface area (Å²) in [6, 6.07) is 6.71. The highest BCUT2D eigenvalue weighted by atomic mass is 19.1. The maximum atomic E-state index is 13.3. The Bertz CT molecular complexity index is 612. The van der Waals surface area contributed by atoms with Gasteiger partial charge >= 0.3 is 0 Å². The highest BCUT2D eigenvalue weighted by Crippen LogP contribution is 2.36. The van der Waals surface area contributed by atoms with Crippen molar-refractivity contribution in [1.82, 2.24) is 4.90 Å². The van der Waals surface area contributed by atoms with E-state index in [9.17, 15) is 14.8 Å². The smallest absolute Gasteiger partial charge is 0.124 e. The molecule has 124 valence electrons. The number of ether oxygens (including phenoxy) is 1. The molecule has 1 aromatic carbocycles. The van der Waals surface area contributed by atoms with Crippen LogP contribution >= 0.6 is 0 Å². The maximum Gasteiger partial charge on any atom is 0.124 e. The average molecular weight is 318 g/mol. The van der Waals surface area contributed by atoms with E-state index in [4.69, 9.17) is 4.74 Å². The molecule has 0 saturated carbocycles. The van der Waals surface area contributed by atoms with Crippen LogP contribution in [0, 0.1) is 23.1 Å². The summed E-state index contributed by atoms with van der Waals surface area (Å²) in [5, 5.41) is 19.9. The molecule has 23 heavy (non-hydrogen) atoms. The first kappa shape index (κ1) is 16.4. The van der Waals surface area contributed by atoms with Gasteiger partial charge in [0.15, 0.2) is 0 Å². The summed E-state index contributed by atoms with van der Waals surface area (Å²) in [5.74, 6) is -0.309. The molecular weight excluding hydrogens is 295 g/mol. The van der Waals surface area contributed by atoms with Crippen LogP contribution in [-0.2, 0) is 11.3 Å². The minimum atomic E-state index is -0.716. The van der Waals surface area contributed by atoms with Gasteiger partial charge in [0.2, 0.25) is 0 Å². The summed E-state index contributed by atoms with van der Waals surface area (Å²) in [4.78, 5) is 2.31. The lowest BCUT2D eigenvalue weighted by Crippen LogP contribution is -2.52. The molecule has 3 rings (SSSR count). The standard InChI is InChI=1S/C18H23FN2O2/c1-18(22)6-8-23-12-16(18)17-3-2-7-21(17)11-13-4-5-15(19)9-14(13)10-20/h4-5,9,16-17,22H,2-3,6-8,11-12H2,1H3/t16-,17+,18-/m0/s1. The van der Waals surface area contributed by atoms with E-state index >= 15 is 0 Å². The summed E-state index contributed by atoms with van der Waals surface area (Å²) >= 11 is 0. The average Bonchev–Trinajstić information content (AvgIpc) is 2.96. The van der Waals surface area contributed by atoms with Crippen molar-refractivity contribution in [3.05, 3.63) is 35.1 Å². The van der Waals surface area contributed by atoms with Crippen LogP contribution in [0.3, 0.4) is 0 Å². The fraction of sp³-hybridized carbons (Fsp3) is 0.611. The number of nitriles is 1. The molecule has 2 heterocycles. The van der Waals surface area contributed by atoms with E-state index in [-0.39, 0.29) is 17.8 Å². The summed E-state index contributed by atoms with van der Waals surface area (Å²) in [5.41, 5.74) is 0.520. The van der Waals surface area contributed by atoms with Gasteiger partial charge in [-0.1, -0.05) is 6.07 Å². The Kier molecular flexibility index (Phi) is 4.67. The van der Waals surface area contributed by atoms with E-state index in [0.717, 1.165) is 24.9 Å². The third kappa shape index (κ3) is 3.40. The van der Waals surface area contributed by atoms with E-state index in [1.54, 1.807) is 6.07 Å². The lowest BCUT2D eigenvalue weighted by Gasteiger charge is -2.43. The molecule has 0 aliphatic carbocycles. The normalized spacial score (nSPS) is 31.9. The van der Waals surface area contributed by atoms with Gasteiger partial charge in [-0.3, -0.25) is 4.90 Å². The third-order valence-electron chi connectivity index (χ3n) is 5.29. The van der Waals surface area contributed by atoms with Gasteiger partial charge in [-0.25, -0.2) is 4.39 Å². The predicted octanol–water partition coefficient (Wildman–Crippen LogP) is 2.45. The van der Waals surface area contributed by atoms with Crippen LogP contribution in [0.5, 0.6) is 0 Å². The van der Waals surface area contributed by atoms with Crippen molar-refractivity contribution < 1.29 is 14.2 Å². The summed E-state index contributed by atoms with van der Waals surface area (Å²) in [6.07, 6.45) is 2.75. The lowest BCUT2D eigenvalue weighted by atomic mass is 9.79. The Hall–Kier alpha value is -1.48. The molecule has 3 atom stereocenters. The van der Waals surface area contributed by atoms with Crippen LogP contribution in [0.15, 0.2) is 18.2 Å². The van der Waals surface area contributed by atoms with Crippen LogP contribution in [0.4, 0.5) is 4.39 Å². The van der Waals surface area contributed by atoms with Crippen LogP contribution in [0.2, 0.25) is 0 Å². The van der Waals surface area contributed by atoms with E-state index < -0.39 is 5.60 Å². The van der Waals surface area contributed by atoms with Crippen molar-refractivity contribution in [3.8, 4) is 6.07 Å². The molecule has 4 nitrogen and oxygen atoms in total. The minimum Gasteiger partial charge on any atom is -0.390 e. The Balaban J connectivity index is 1.79.